The minimum Gasteiger partial charge on any atom is -0.493 e. The first-order chi connectivity index (χ1) is 13.4. The molecule has 0 saturated carbocycles. The van der Waals surface area contributed by atoms with Crippen LogP contribution in [0.3, 0.4) is 0 Å². The smallest absolute Gasteiger partial charge is 0.286 e. The molecule has 0 aromatic heterocycles. The number of nitro benzene ring substituents is 1. The SMILES string of the molecule is CCC(CNC(=O)c1cc(OC)c(OC)cc1[N+](=O)[O-])(OC)c1ccccc1. The Labute approximate surface area is 163 Å². The fraction of sp³-hybridized carbons (Fsp3) is 0.350. The second-order valence-electron chi connectivity index (χ2n) is 6.08. The van der Waals surface area contributed by atoms with Crippen LogP contribution in [0.4, 0.5) is 5.69 Å². The normalized spacial score (nSPS) is 12.7. The number of methoxy groups -OCH3 is 3. The number of hydrogen-bond donors (Lipinski definition) is 1. The Hall–Kier alpha value is -3.13. The van der Waals surface area contributed by atoms with E-state index in [-0.39, 0.29) is 29.3 Å². The van der Waals surface area contributed by atoms with E-state index in [2.05, 4.69) is 5.32 Å². The van der Waals surface area contributed by atoms with Gasteiger partial charge in [0.1, 0.15) is 11.2 Å². The standard InChI is InChI=1S/C20H24N2O6/c1-5-20(28-4,14-9-7-6-8-10-14)13-21-19(23)15-11-17(26-2)18(27-3)12-16(15)22(24)25/h6-12H,5,13H2,1-4H3,(H,21,23). The average molecular weight is 388 g/mol. The van der Waals surface area contributed by atoms with Crippen LogP contribution >= 0.6 is 0 Å². The van der Waals surface area contributed by atoms with Crippen molar-refractivity contribution >= 4 is 11.6 Å². The molecule has 8 heteroatoms. The number of carbonyl (C=O) groups excluding carboxylic acids is 1. The molecule has 0 spiro atoms. The van der Waals surface area contributed by atoms with Crippen molar-refractivity contribution < 1.29 is 23.9 Å². The summed E-state index contributed by atoms with van der Waals surface area (Å²) in [7, 11) is 4.34. The zero-order valence-corrected chi connectivity index (χ0v) is 16.4. The molecule has 28 heavy (non-hydrogen) atoms. The summed E-state index contributed by atoms with van der Waals surface area (Å²) in [4.78, 5) is 23.6. The van der Waals surface area contributed by atoms with Crippen LogP contribution in [0.25, 0.3) is 0 Å². The zero-order valence-electron chi connectivity index (χ0n) is 16.4. The molecular formula is C20H24N2O6. The number of nitrogens with one attached hydrogen (secondary N) is 1. The number of nitrogens with zero attached hydrogens (tertiary/aromatic N) is 1. The third-order valence-electron chi connectivity index (χ3n) is 4.74. The molecule has 1 unspecified atom stereocenters. The zero-order chi connectivity index (χ0) is 20.7. The number of rotatable bonds is 9. The number of carbonyl (C=O) groups is 1. The Kier molecular flexibility index (Phi) is 6.94. The highest BCUT2D eigenvalue weighted by Crippen LogP contribution is 2.35. The van der Waals surface area contributed by atoms with E-state index in [0.717, 1.165) is 5.56 Å². The first-order valence-electron chi connectivity index (χ1n) is 8.71. The maximum absolute atomic E-state index is 12.8. The molecule has 2 rings (SSSR count). The highest BCUT2D eigenvalue weighted by Gasteiger charge is 2.32. The van der Waals surface area contributed by atoms with Gasteiger partial charge in [-0.3, -0.25) is 14.9 Å². The molecule has 0 heterocycles. The number of nitro groups is 1. The van der Waals surface area contributed by atoms with Crippen LogP contribution in [0.15, 0.2) is 42.5 Å². The van der Waals surface area contributed by atoms with E-state index in [9.17, 15) is 14.9 Å². The van der Waals surface area contributed by atoms with Gasteiger partial charge in [0, 0.05) is 13.2 Å². The fourth-order valence-corrected chi connectivity index (χ4v) is 3.03. The highest BCUT2D eigenvalue weighted by atomic mass is 16.6. The Morgan fingerprint density at radius 2 is 1.71 bits per heavy atom. The Balaban J connectivity index is 2.34. The fourth-order valence-electron chi connectivity index (χ4n) is 3.03. The Morgan fingerprint density at radius 1 is 1.11 bits per heavy atom. The summed E-state index contributed by atoms with van der Waals surface area (Å²) in [6, 6.07) is 12.0. The number of amides is 1. The summed E-state index contributed by atoms with van der Waals surface area (Å²) in [5.74, 6) is -0.192. The van der Waals surface area contributed by atoms with Gasteiger partial charge in [0.25, 0.3) is 11.6 Å². The van der Waals surface area contributed by atoms with Gasteiger partial charge in [0.2, 0.25) is 0 Å². The van der Waals surface area contributed by atoms with Crippen LogP contribution in [-0.2, 0) is 10.3 Å². The lowest BCUT2D eigenvalue weighted by atomic mass is 9.90. The molecule has 2 aromatic rings. The lowest BCUT2D eigenvalue weighted by molar-refractivity contribution is -0.385. The minimum absolute atomic E-state index is 0.114. The van der Waals surface area contributed by atoms with Crippen LogP contribution in [0.1, 0.15) is 29.3 Å². The van der Waals surface area contributed by atoms with Gasteiger partial charge >= 0.3 is 0 Å². The maximum atomic E-state index is 12.8. The molecule has 1 N–H and O–H groups in total. The minimum atomic E-state index is -0.748. The number of benzene rings is 2. The van der Waals surface area contributed by atoms with E-state index in [0.29, 0.717) is 6.42 Å². The van der Waals surface area contributed by atoms with Gasteiger partial charge in [-0.05, 0) is 12.0 Å². The van der Waals surface area contributed by atoms with E-state index >= 15 is 0 Å². The van der Waals surface area contributed by atoms with Gasteiger partial charge in [-0.1, -0.05) is 37.3 Å². The third-order valence-corrected chi connectivity index (χ3v) is 4.74. The van der Waals surface area contributed by atoms with Crippen molar-refractivity contribution in [1.82, 2.24) is 5.32 Å². The molecule has 1 atom stereocenters. The van der Waals surface area contributed by atoms with Crippen LogP contribution in [0.2, 0.25) is 0 Å². The van der Waals surface area contributed by atoms with Crippen molar-refractivity contribution in [2.24, 2.45) is 0 Å². The molecule has 0 aliphatic heterocycles. The van der Waals surface area contributed by atoms with E-state index in [1.165, 1.54) is 26.4 Å². The maximum Gasteiger partial charge on any atom is 0.286 e. The van der Waals surface area contributed by atoms with E-state index in [1.54, 1.807) is 7.11 Å². The summed E-state index contributed by atoms with van der Waals surface area (Å²) < 4.78 is 16.0. The van der Waals surface area contributed by atoms with Crippen LogP contribution in [0, 0.1) is 10.1 Å². The largest absolute Gasteiger partial charge is 0.493 e. The average Bonchev–Trinajstić information content (AvgIpc) is 2.74. The lowest BCUT2D eigenvalue weighted by Gasteiger charge is -2.32. The third kappa shape index (κ3) is 4.23. The van der Waals surface area contributed by atoms with E-state index in [4.69, 9.17) is 14.2 Å². The molecular weight excluding hydrogens is 364 g/mol. The summed E-state index contributed by atoms with van der Waals surface area (Å²) in [6.45, 7) is 2.09. The predicted molar refractivity (Wildman–Crippen MR) is 104 cm³/mol. The quantitative estimate of drug-likeness (QED) is 0.523. The number of ether oxygens (including phenoxy) is 3. The molecule has 1 amide bonds. The Bertz CT molecular complexity index is 834. The first-order valence-corrected chi connectivity index (χ1v) is 8.71. The van der Waals surface area contributed by atoms with Gasteiger partial charge in [0.05, 0.1) is 31.8 Å². The summed E-state index contributed by atoms with van der Waals surface area (Å²) in [6.07, 6.45) is 0.599. The highest BCUT2D eigenvalue weighted by molar-refractivity contribution is 5.99. The summed E-state index contributed by atoms with van der Waals surface area (Å²) >= 11 is 0. The van der Waals surface area contributed by atoms with Crippen molar-refractivity contribution in [3.05, 3.63) is 63.7 Å². The molecule has 150 valence electrons. The van der Waals surface area contributed by atoms with Gasteiger partial charge in [-0.15, -0.1) is 0 Å². The van der Waals surface area contributed by atoms with E-state index in [1.807, 2.05) is 37.3 Å². The molecule has 2 aromatic carbocycles. The lowest BCUT2D eigenvalue weighted by Crippen LogP contribution is -2.42. The van der Waals surface area contributed by atoms with Gasteiger partial charge < -0.3 is 19.5 Å². The van der Waals surface area contributed by atoms with Crippen molar-refractivity contribution in [2.45, 2.75) is 18.9 Å². The predicted octanol–water partition coefficient (Wildman–Crippen LogP) is 3.29. The second-order valence-corrected chi connectivity index (χ2v) is 6.08. The first kappa shape index (κ1) is 21.2. The topological polar surface area (TPSA) is 99.9 Å². The molecule has 0 fully saturated rings. The molecule has 8 nitrogen and oxygen atoms in total. The summed E-state index contributed by atoms with van der Waals surface area (Å²) in [5.41, 5.74) is -0.323. The van der Waals surface area contributed by atoms with Crippen LogP contribution in [-0.4, -0.2) is 38.7 Å². The summed E-state index contributed by atoms with van der Waals surface area (Å²) in [5, 5.41) is 14.2. The van der Waals surface area contributed by atoms with Crippen molar-refractivity contribution in [1.29, 1.82) is 0 Å². The number of hydrogen-bond acceptors (Lipinski definition) is 6. The second kappa shape index (κ2) is 9.18. The molecule has 0 bridgehead atoms. The van der Waals surface area contributed by atoms with Gasteiger partial charge in [-0.25, -0.2) is 0 Å². The monoisotopic (exact) mass is 388 g/mol. The van der Waals surface area contributed by atoms with Crippen LogP contribution < -0.4 is 14.8 Å². The van der Waals surface area contributed by atoms with Crippen molar-refractivity contribution in [3.8, 4) is 11.5 Å². The molecule has 0 aliphatic rings. The molecule has 0 radical (unpaired) electrons. The van der Waals surface area contributed by atoms with Crippen LogP contribution in [0.5, 0.6) is 11.5 Å². The molecule has 0 saturated heterocycles. The molecule has 0 aliphatic carbocycles. The van der Waals surface area contributed by atoms with Crippen molar-refractivity contribution in [2.75, 3.05) is 27.9 Å². The van der Waals surface area contributed by atoms with Gasteiger partial charge in [-0.2, -0.15) is 0 Å². The van der Waals surface area contributed by atoms with E-state index < -0.39 is 16.4 Å². The Morgan fingerprint density at radius 3 is 2.21 bits per heavy atom. The van der Waals surface area contributed by atoms with Crippen molar-refractivity contribution in [3.63, 3.8) is 0 Å². The van der Waals surface area contributed by atoms with Gasteiger partial charge in [0.15, 0.2) is 11.5 Å².